The summed E-state index contributed by atoms with van der Waals surface area (Å²) in [5.74, 6) is 1.24. The molecule has 0 aromatic carbocycles. The Kier molecular flexibility index (Phi) is 3.07. The van der Waals surface area contributed by atoms with Crippen molar-refractivity contribution in [2.75, 3.05) is 18.1 Å². The number of aromatic nitrogens is 2. The molecule has 3 rings (SSSR count). The van der Waals surface area contributed by atoms with Crippen LogP contribution in [0.1, 0.15) is 35.8 Å². The fraction of sp³-hybridized carbons (Fsp3) is 0.667. The molecule has 1 unspecified atom stereocenters. The molecule has 2 aliphatic rings. The Hall–Kier alpha value is -1.01. The molecule has 1 saturated heterocycles. The fourth-order valence-electron chi connectivity index (χ4n) is 2.67. The van der Waals surface area contributed by atoms with E-state index in [0.29, 0.717) is 5.75 Å². The van der Waals surface area contributed by atoms with Crippen molar-refractivity contribution in [2.45, 2.75) is 31.7 Å². The third kappa shape index (κ3) is 2.40. The molecule has 1 aromatic heterocycles. The molecule has 0 aliphatic carbocycles. The van der Waals surface area contributed by atoms with E-state index in [2.05, 4.69) is 15.3 Å². The van der Waals surface area contributed by atoms with Gasteiger partial charge in [-0.15, -0.1) is 0 Å². The maximum Gasteiger partial charge on any atom is 0.151 e. The summed E-state index contributed by atoms with van der Waals surface area (Å²) >= 11 is 0. The molecule has 0 spiro atoms. The third-order valence-electron chi connectivity index (χ3n) is 3.66. The average molecular weight is 267 g/mol. The van der Waals surface area contributed by atoms with Crippen LogP contribution in [0.2, 0.25) is 0 Å². The molecule has 1 N–H and O–H groups in total. The molecule has 98 valence electrons. The van der Waals surface area contributed by atoms with Gasteiger partial charge in [0.2, 0.25) is 0 Å². The number of nitrogens with one attached hydrogen (secondary N) is 1. The van der Waals surface area contributed by atoms with Gasteiger partial charge in [-0.1, -0.05) is 0 Å². The maximum atomic E-state index is 11.7. The predicted octanol–water partition coefficient (Wildman–Crippen LogP) is 0.414. The van der Waals surface area contributed by atoms with Crippen LogP contribution in [-0.4, -0.2) is 36.4 Å². The Morgan fingerprint density at radius 3 is 3.11 bits per heavy atom. The molecule has 18 heavy (non-hydrogen) atoms. The molecule has 0 radical (unpaired) electrons. The van der Waals surface area contributed by atoms with E-state index >= 15 is 0 Å². The Balaban J connectivity index is 1.88. The minimum atomic E-state index is -2.89. The minimum Gasteiger partial charge on any atom is -0.312 e. The second-order valence-corrected chi connectivity index (χ2v) is 7.31. The Morgan fingerprint density at radius 2 is 2.28 bits per heavy atom. The van der Waals surface area contributed by atoms with Crippen LogP contribution < -0.4 is 5.32 Å². The standard InChI is InChI=1S/C12H17N3O2S/c16-18(17)5-1-2-9(8-18)12-14-7-10-6-13-4-3-11(10)15-12/h7,9,13H,1-6,8H2. The van der Waals surface area contributed by atoms with Crippen molar-refractivity contribution in [2.24, 2.45) is 0 Å². The molecule has 1 fully saturated rings. The van der Waals surface area contributed by atoms with Gasteiger partial charge >= 0.3 is 0 Å². The van der Waals surface area contributed by atoms with Gasteiger partial charge in [-0.05, 0) is 12.8 Å². The molecule has 6 heteroatoms. The zero-order valence-corrected chi connectivity index (χ0v) is 11.0. The SMILES string of the molecule is O=S1(=O)CCCC(c2ncc3c(n2)CCNC3)C1. The van der Waals surface area contributed by atoms with Crippen LogP contribution in [0.5, 0.6) is 0 Å². The van der Waals surface area contributed by atoms with Crippen molar-refractivity contribution < 1.29 is 8.42 Å². The molecule has 0 bridgehead atoms. The van der Waals surface area contributed by atoms with E-state index < -0.39 is 9.84 Å². The van der Waals surface area contributed by atoms with Gasteiger partial charge in [0, 0.05) is 42.9 Å². The van der Waals surface area contributed by atoms with Gasteiger partial charge < -0.3 is 5.32 Å². The second-order valence-electron chi connectivity index (χ2n) is 5.08. The summed E-state index contributed by atoms with van der Waals surface area (Å²) in [6.07, 6.45) is 4.38. The minimum absolute atomic E-state index is 0.0102. The van der Waals surface area contributed by atoms with E-state index in [0.717, 1.165) is 49.4 Å². The average Bonchev–Trinajstić information content (AvgIpc) is 2.37. The highest BCUT2D eigenvalue weighted by molar-refractivity contribution is 7.91. The topological polar surface area (TPSA) is 72.0 Å². The van der Waals surface area contributed by atoms with Crippen LogP contribution >= 0.6 is 0 Å². The second kappa shape index (κ2) is 4.59. The predicted molar refractivity (Wildman–Crippen MR) is 68.1 cm³/mol. The molecule has 1 atom stereocenters. The van der Waals surface area contributed by atoms with Gasteiger partial charge in [0.05, 0.1) is 11.5 Å². The Bertz CT molecular complexity index is 556. The quantitative estimate of drug-likeness (QED) is 0.798. The van der Waals surface area contributed by atoms with Crippen LogP contribution in [0.3, 0.4) is 0 Å². The number of hydrogen-bond acceptors (Lipinski definition) is 5. The van der Waals surface area contributed by atoms with Gasteiger partial charge in [-0.3, -0.25) is 0 Å². The first-order valence-electron chi connectivity index (χ1n) is 6.40. The molecular formula is C12H17N3O2S. The first-order valence-corrected chi connectivity index (χ1v) is 8.22. The molecule has 5 nitrogen and oxygen atoms in total. The maximum absolute atomic E-state index is 11.7. The van der Waals surface area contributed by atoms with Gasteiger partial charge in [0.25, 0.3) is 0 Å². The van der Waals surface area contributed by atoms with Crippen molar-refractivity contribution in [3.05, 3.63) is 23.3 Å². The lowest BCUT2D eigenvalue weighted by atomic mass is 10.0. The smallest absolute Gasteiger partial charge is 0.151 e. The summed E-state index contributed by atoms with van der Waals surface area (Å²) in [5, 5.41) is 3.28. The monoisotopic (exact) mass is 267 g/mol. The lowest BCUT2D eigenvalue weighted by Gasteiger charge is -2.22. The fourth-order valence-corrected chi connectivity index (χ4v) is 4.38. The summed E-state index contributed by atoms with van der Waals surface area (Å²) in [6, 6.07) is 0. The molecule has 0 saturated carbocycles. The number of nitrogens with zero attached hydrogens (tertiary/aromatic N) is 2. The van der Waals surface area contributed by atoms with E-state index in [1.54, 1.807) is 0 Å². The molecular weight excluding hydrogens is 250 g/mol. The van der Waals surface area contributed by atoms with E-state index in [1.807, 2.05) is 6.20 Å². The number of fused-ring (bicyclic) bond motifs is 1. The van der Waals surface area contributed by atoms with Crippen LogP contribution in [0.25, 0.3) is 0 Å². The van der Waals surface area contributed by atoms with Gasteiger partial charge in [0.15, 0.2) is 9.84 Å². The summed E-state index contributed by atoms with van der Waals surface area (Å²) in [6.45, 7) is 1.75. The summed E-state index contributed by atoms with van der Waals surface area (Å²) in [7, 11) is -2.89. The number of rotatable bonds is 1. The zero-order chi connectivity index (χ0) is 12.6. The van der Waals surface area contributed by atoms with Crippen molar-refractivity contribution in [1.29, 1.82) is 0 Å². The summed E-state index contributed by atoms with van der Waals surface area (Å²) in [5.41, 5.74) is 2.23. The largest absolute Gasteiger partial charge is 0.312 e. The van der Waals surface area contributed by atoms with Crippen LogP contribution in [0, 0.1) is 0 Å². The summed E-state index contributed by atoms with van der Waals surface area (Å²) < 4.78 is 23.3. The zero-order valence-electron chi connectivity index (χ0n) is 10.2. The van der Waals surface area contributed by atoms with E-state index in [4.69, 9.17) is 0 Å². The number of hydrogen-bond donors (Lipinski definition) is 1. The van der Waals surface area contributed by atoms with Crippen LogP contribution in [0.4, 0.5) is 0 Å². The number of sulfone groups is 1. The molecule has 3 heterocycles. The highest BCUT2D eigenvalue weighted by Gasteiger charge is 2.28. The summed E-state index contributed by atoms with van der Waals surface area (Å²) in [4.78, 5) is 8.95. The highest BCUT2D eigenvalue weighted by atomic mass is 32.2. The molecule has 1 aromatic rings. The Morgan fingerprint density at radius 1 is 1.39 bits per heavy atom. The van der Waals surface area contributed by atoms with Crippen LogP contribution in [-0.2, 0) is 22.8 Å². The Labute approximate surface area is 107 Å². The molecule has 2 aliphatic heterocycles. The first-order chi connectivity index (χ1) is 8.64. The van der Waals surface area contributed by atoms with E-state index in [9.17, 15) is 8.42 Å². The van der Waals surface area contributed by atoms with Gasteiger partial charge in [0.1, 0.15) is 5.82 Å². The van der Waals surface area contributed by atoms with Crippen molar-refractivity contribution >= 4 is 9.84 Å². The van der Waals surface area contributed by atoms with Gasteiger partial charge in [-0.2, -0.15) is 0 Å². The normalized spacial score (nSPS) is 26.6. The lowest BCUT2D eigenvalue weighted by Crippen LogP contribution is -2.28. The first kappa shape index (κ1) is 12.0. The molecule has 0 amide bonds. The van der Waals surface area contributed by atoms with E-state index in [-0.39, 0.29) is 11.7 Å². The highest BCUT2D eigenvalue weighted by Crippen LogP contribution is 2.26. The van der Waals surface area contributed by atoms with E-state index in [1.165, 1.54) is 0 Å². The van der Waals surface area contributed by atoms with Gasteiger partial charge in [-0.25, -0.2) is 18.4 Å². The third-order valence-corrected chi connectivity index (χ3v) is 5.48. The van der Waals surface area contributed by atoms with Crippen LogP contribution in [0.15, 0.2) is 6.20 Å². The lowest BCUT2D eigenvalue weighted by molar-refractivity contribution is 0.538. The van der Waals surface area contributed by atoms with Crippen molar-refractivity contribution in [1.82, 2.24) is 15.3 Å². The van der Waals surface area contributed by atoms with Crippen molar-refractivity contribution in [3.8, 4) is 0 Å². The van der Waals surface area contributed by atoms with Crippen molar-refractivity contribution in [3.63, 3.8) is 0 Å².